The number of imidazole rings is 1. The second-order valence-corrected chi connectivity index (χ2v) is 12.5. The van der Waals surface area contributed by atoms with Gasteiger partial charge in [-0.2, -0.15) is 0 Å². The number of carboxylic acid groups (broad SMARTS) is 1. The lowest BCUT2D eigenvalue weighted by atomic mass is 9.98. The van der Waals surface area contributed by atoms with Crippen LogP contribution < -0.4 is 10.6 Å². The second kappa shape index (κ2) is 17.2. The molecule has 0 saturated carbocycles. The fraction of sp³-hybridized carbons (Fsp3) is 0.368. The number of rotatable bonds is 17. The lowest BCUT2D eigenvalue weighted by Gasteiger charge is -2.29. The third kappa shape index (κ3) is 8.93. The van der Waals surface area contributed by atoms with Crippen molar-refractivity contribution in [1.82, 2.24) is 30.1 Å². The van der Waals surface area contributed by atoms with Crippen LogP contribution in [0, 0.1) is 0 Å². The quantitative estimate of drug-likeness (QED) is 0.144. The van der Waals surface area contributed by atoms with Crippen LogP contribution >= 0.6 is 0 Å². The van der Waals surface area contributed by atoms with E-state index in [1.54, 1.807) is 37.1 Å². The standard InChI is InChI=1S/C38H44N6O6/c1-3-4-16-32(37(47)48)41-35(45)33(22-26-11-9-18-39-23-26)42-36(46)34(17-10-20-44-21-19-40-25-44)43(2)38(49)50-24-31-29-14-7-5-12-27(29)28-13-6-8-15-30(28)31/h5-9,11-15,18-19,21,23,25,31-34H,3-4,10,16-17,20,22,24H2,1-2H3,(H,41,45)(H,42,46)(H,47,48). The Labute approximate surface area is 291 Å². The molecule has 4 aromatic rings. The third-order valence-corrected chi connectivity index (χ3v) is 9.10. The summed E-state index contributed by atoms with van der Waals surface area (Å²) < 4.78 is 7.77. The normalized spacial score (nSPS) is 13.7. The van der Waals surface area contributed by atoms with Gasteiger partial charge >= 0.3 is 12.1 Å². The van der Waals surface area contributed by atoms with Crippen LogP contribution in [-0.2, 0) is 32.1 Å². The largest absolute Gasteiger partial charge is 0.480 e. The first-order valence-electron chi connectivity index (χ1n) is 17.0. The summed E-state index contributed by atoms with van der Waals surface area (Å²) in [5, 5.41) is 15.2. The van der Waals surface area contributed by atoms with Gasteiger partial charge in [0.15, 0.2) is 0 Å². The van der Waals surface area contributed by atoms with E-state index < -0.39 is 42.0 Å². The minimum Gasteiger partial charge on any atom is -0.480 e. The summed E-state index contributed by atoms with van der Waals surface area (Å²) in [7, 11) is 1.52. The average Bonchev–Trinajstić information content (AvgIpc) is 3.76. The average molecular weight is 681 g/mol. The van der Waals surface area contributed by atoms with Crippen LogP contribution in [0.2, 0.25) is 0 Å². The van der Waals surface area contributed by atoms with Gasteiger partial charge in [0.05, 0.1) is 6.33 Å². The zero-order valence-corrected chi connectivity index (χ0v) is 28.4. The number of aryl methyl sites for hydroxylation is 1. The number of pyridine rings is 1. The van der Waals surface area contributed by atoms with E-state index in [1.807, 2.05) is 54.1 Å². The Kier molecular flexibility index (Phi) is 12.3. The summed E-state index contributed by atoms with van der Waals surface area (Å²) in [6, 6.07) is 16.4. The molecule has 2 aromatic heterocycles. The van der Waals surface area contributed by atoms with Gasteiger partial charge in [-0.1, -0.05) is 74.4 Å². The van der Waals surface area contributed by atoms with Crippen molar-refractivity contribution in [3.8, 4) is 11.1 Å². The number of hydrogen-bond acceptors (Lipinski definition) is 7. The number of unbranched alkanes of at least 4 members (excludes halogenated alkanes) is 1. The van der Waals surface area contributed by atoms with Crippen LogP contribution in [-0.4, -0.2) is 80.2 Å². The van der Waals surface area contributed by atoms with Crippen molar-refractivity contribution in [1.29, 1.82) is 0 Å². The first kappa shape index (κ1) is 35.8. The molecule has 3 N–H and O–H groups in total. The van der Waals surface area contributed by atoms with E-state index >= 15 is 0 Å². The van der Waals surface area contributed by atoms with Crippen LogP contribution in [0.15, 0.2) is 91.8 Å². The number of fused-ring (bicyclic) bond motifs is 3. The maximum absolute atomic E-state index is 14.1. The number of nitrogens with zero attached hydrogens (tertiary/aromatic N) is 4. The van der Waals surface area contributed by atoms with Gasteiger partial charge in [0, 0.05) is 50.7 Å². The number of hydrogen-bond donors (Lipinski definition) is 3. The summed E-state index contributed by atoms with van der Waals surface area (Å²) in [4.78, 5) is 62.7. The number of likely N-dealkylation sites (N-methyl/N-ethyl adjacent to an activating group) is 1. The number of nitrogens with one attached hydrogen (secondary N) is 2. The van der Waals surface area contributed by atoms with Crippen molar-refractivity contribution < 1.29 is 29.0 Å². The van der Waals surface area contributed by atoms with Gasteiger partial charge in [-0.05, 0) is 53.1 Å². The highest BCUT2D eigenvalue weighted by atomic mass is 16.6. The SMILES string of the molecule is CCCCC(NC(=O)C(Cc1cccnc1)NC(=O)C(CCCn1ccnc1)N(C)C(=O)OCC1c2ccccc2-c2ccccc21)C(=O)O. The molecule has 0 saturated heterocycles. The Morgan fingerprint density at radius 1 is 0.880 bits per heavy atom. The molecule has 1 aliphatic carbocycles. The number of carboxylic acids is 1. The highest BCUT2D eigenvalue weighted by molar-refractivity contribution is 5.93. The van der Waals surface area contributed by atoms with Crippen LogP contribution in [0.4, 0.5) is 4.79 Å². The van der Waals surface area contributed by atoms with Gasteiger partial charge in [-0.3, -0.25) is 19.5 Å². The number of aromatic nitrogens is 3. The molecule has 0 spiro atoms. The first-order valence-corrected chi connectivity index (χ1v) is 17.0. The maximum Gasteiger partial charge on any atom is 0.410 e. The second-order valence-electron chi connectivity index (χ2n) is 12.5. The molecule has 262 valence electrons. The van der Waals surface area contributed by atoms with E-state index in [2.05, 4.69) is 32.7 Å². The van der Waals surface area contributed by atoms with E-state index in [1.165, 1.54) is 11.9 Å². The lowest BCUT2D eigenvalue weighted by Crippen LogP contribution is -2.56. The molecule has 50 heavy (non-hydrogen) atoms. The Bertz CT molecular complexity index is 1700. The van der Waals surface area contributed by atoms with Crippen LogP contribution in [0.5, 0.6) is 0 Å². The molecule has 3 atom stereocenters. The predicted octanol–water partition coefficient (Wildman–Crippen LogP) is 4.79. The molecule has 2 aromatic carbocycles. The minimum atomic E-state index is -1.15. The molecule has 12 heteroatoms. The van der Waals surface area contributed by atoms with E-state index in [-0.39, 0.29) is 31.8 Å². The van der Waals surface area contributed by atoms with E-state index in [9.17, 15) is 24.3 Å². The number of benzene rings is 2. The molecule has 12 nitrogen and oxygen atoms in total. The van der Waals surface area contributed by atoms with Crippen LogP contribution in [0.3, 0.4) is 0 Å². The molecule has 5 rings (SSSR count). The van der Waals surface area contributed by atoms with Crippen molar-refractivity contribution >= 4 is 23.9 Å². The monoisotopic (exact) mass is 680 g/mol. The number of amides is 3. The van der Waals surface area contributed by atoms with E-state index in [4.69, 9.17) is 4.74 Å². The van der Waals surface area contributed by atoms with E-state index in [0.717, 1.165) is 28.7 Å². The van der Waals surface area contributed by atoms with Gasteiger partial charge in [0.2, 0.25) is 11.8 Å². The fourth-order valence-electron chi connectivity index (χ4n) is 6.38. The highest BCUT2D eigenvalue weighted by Gasteiger charge is 2.34. The molecule has 2 heterocycles. The van der Waals surface area contributed by atoms with Crippen molar-refractivity contribution in [3.63, 3.8) is 0 Å². The minimum absolute atomic E-state index is 0.0714. The van der Waals surface area contributed by atoms with Crippen molar-refractivity contribution in [3.05, 3.63) is 108 Å². The maximum atomic E-state index is 14.1. The lowest BCUT2D eigenvalue weighted by molar-refractivity contribution is -0.142. The molecule has 0 aliphatic heterocycles. The van der Waals surface area contributed by atoms with Crippen LogP contribution in [0.1, 0.15) is 61.6 Å². The molecule has 0 bridgehead atoms. The number of ether oxygens (including phenoxy) is 1. The Balaban J connectivity index is 1.33. The summed E-state index contributed by atoms with van der Waals surface area (Å²) >= 11 is 0. The first-order chi connectivity index (χ1) is 24.3. The van der Waals surface area contributed by atoms with Crippen molar-refractivity contribution in [2.75, 3.05) is 13.7 Å². The predicted molar refractivity (Wildman–Crippen MR) is 187 cm³/mol. The number of carbonyl (C=O) groups excluding carboxylic acids is 3. The van der Waals surface area contributed by atoms with Crippen molar-refractivity contribution in [2.45, 2.75) is 76.0 Å². The molecular formula is C38H44N6O6. The molecule has 3 unspecified atom stereocenters. The van der Waals surface area contributed by atoms with Crippen molar-refractivity contribution in [2.24, 2.45) is 0 Å². The molecule has 3 amide bonds. The summed E-state index contributed by atoms with van der Waals surface area (Å²) in [5.41, 5.74) is 5.03. The molecule has 0 radical (unpaired) electrons. The van der Waals surface area contributed by atoms with Crippen LogP contribution in [0.25, 0.3) is 11.1 Å². The number of aliphatic carboxylic acids is 1. The Morgan fingerprint density at radius 3 is 2.20 bits per heavy atom. The Morgan fingerprint density at radius 2 is 1.58 bits per heavy atom. The number of carbonyl (C=O) groups is 4. The van der Waals surface area contributed by atoms with Gasteiger partial charge < -0.3 is 25.0 Å². The molecule has 1 aliphatic rings. The fourth-order valence-corrected chi connectivity index (χ4v) is 6.38. The third-order valence-electron chi connectivity index (χ3n) is 9.10. The van der Waals surface area contributed by atoms with Gasteiger partial charge in [-0.15, -0.1) is 0 Å². The molecule has 0 fully saturated rings. The zero-order valence-electron chi connectivity index (χ0n) is 28.4. The molecular weight excluding hydrogens is 636 g/mol. The van der Waals surface area contributed by atoms with Gasteiger partial charge in [0.25, 0.3) is 0 Å². The summed E-state index contributed by atoms with van der Waals surface area (Å²) in [5.74, 6) is -2.50. The smallest absolute Gasteiger partial charge is 0.410 e. The Hall–Kier alpha value is -5.52. The van der Waals surface area contributed by atoms with Gasteiger partial charge in [0.1, 0.15) is 24.7 Å². The topological polar surface area (TPSA) is 156 Å². The van der Waals surface area contributed by atoms with E-state index in [0.29, 0.717) is 24.9 Å². The van der Waals surface area contributed by atoms with Gasteiger partial charge in [-0.25, -0.2) is 14.6 Å². The highest BCUT2D eigenvalue weighted by Crippen LogP contribution is 2.44. The summed E-state index contributed by atoms with van der Waals surface area (Å²) in [6.07, 6.45) is 10.2. The summed E-state index contributed by atoms with van der Waals surface area (Å²) in [6.45, 7) is 2.58. The zero-order chi connectivity index (χ0) is 35.5.